The van der Waals surface area contributed by atoms with E-state index in [0.717, 1.165) is 49.0 Å². The van der Waals surface area contributed by atoms with E-state index >= 15 is 0 Å². The van der Waals surface area contributed by atoms with Crippen LogP contribution in [0.1, 0.15) is 51.1 Å². The van der Waals surface area contributed by atoms with Gasteiger partial charge in [0.15, 0.2) is 5.78 Å². The van der Waals surface area contributed by atoms with Crippen LogP contribution in [0.2, 0.25) is 0 Å². The van der Waals surface area contributed by atoms with Crippen LogP contribution in [0.5, 0.6) is 5.88 Å². The maximum atomic E-state index is 13.3. The van der Waals surface area contributed by atoms with Crippen molar-refractivity contribution in [1.82, 2.24) is 19.8 Å². The fourth-order valence-electron chi connectivity index (χ4n) is 5.83. The van der Waals surface area contributed by atoms with E-state index in [0.29, 0.717) is 18.1 Å². The maximum absolute atomic E-state index is 13.3. The van der Waals surface area contributed by atoms with E-state index in [2.05, 4.69) is 49.4 Å². The van der Waals surface area contributed by atoms with Crippen molar-refractivity contribution in [3.05, 3.63) is 77.1 Å². The van der Waals surface area contributed by atoms with Crippen LogP contribution >= 0.6 is 0 Å². The molecule has 3 aromatic rings. The average molecular weight is 569 g/mol. The molecule has 1 saturated carbocycles. The number of amides is 2. The summed E-state index contributed by atoms with van der Waals surface area (Å²) >= 11 is 0. The molecule has 1 N–H and O–H groups in total. The molecule has 1 aliphatic carbocycles. The Bertz CT molecular complexity index is 1530. The van der Waals surface area contributed by atoms with Crippen LogP contribution in [0.15, 0.2) is 54.9 Å². The number of rotatable bonds is 8. The Morgan fingerprint density at radius 1 is 0.929 bits per heavy atom. The third kappa shape index (κ3) is 5.47. The summed E-state index contributed by atoms with van der Waals surface area (Å²) < 4.78 is 5.22. The molecule has 2 fully saturated rings. The number of nitrogens with one attached hydrogen (secondary N) is 1. The molecule has 3 aliphatic rings. The smallest absolute Gasteiger partial charge is 0.264 e. The molecule has 0 spiro atoms. The van der Waals surface area contributed by atoms with Gasteiger partial charge in [0.05, 0.1) is 30.7 Å². The zero-order valence-corrected chi connectivity index (χ0v) is 23.4. The highest BCUT2D eigenvalue weighted by molar-refractivity contribution is 6.25. The Labute approximate surface area is 243 Å². The number of hydrogen-bond donors (Lipinski definition) is 1. The first-order chi connectivity index (χ1) is 20.4. The van der Waals surface area contributed by atoms with Crippen LogP contribution < -0.4 is 15.0 Å². The number of ether oxygens (including phenoxy) is 1. The van der Waals surface area contributed by atoms with E-state index in [1.807, 2.05) is 6.07 Å². The predicted octanol–water partition coefficient (Wildman–Crippen LogP) is 2.71. The minimum atomic E-state index is -0.880. The van der Waals surface area contributed by atoms with Crippen molar-refractivity contribution in [2.75, 3.05) is 43.5 Å². The summed E-state index contributed by atoms with van der Waals surface area (Å²) in [5, 5.41) is 3.31. The van der Waals surface area contributed by atoms with Crippen LogP contribution in [0.3, 0.4) is 0 Å². The summed E-state index contributed by atoms with van der Waals surface area (Å²) in [6, 6.07) is 14.4. The first-order valence-electron chi connectivity index (χ1n) is 14.1. The Balaban J connectivity index is 1.05. The summed E-state index contributed by atoms with van der Waals surface area (Å²) in [5.41, 5.74) is 3.36. The second-order valence-corrected chi connectivity index (χ2v) is 10.8. The molecule has 0 bridgehead atoms. The maximum Gasteiger partial charge on any atom is 0.264 e. The number of anilines is 2. The lowest BCUT2D eigenvalue weighted by Gasteiger charge is -2.35. The fourth-order valence-corrected chi connectivity index (χ4v) is 5.83. The number of hydrogen-bond acceptors (Lipinski definition) is 10. The van der Waals surface area contributed by atoms with E-state index < -0.39 is 17.9 Å². The van der Waals surface area contributed by atoms with Gasteiger partial charge in [-0.2, -0.15) is 0 Å². The molecular formula is C31H32N6O5. The normalized spacial score (nSPS) is 19.3. The molecule has 11 heteroatoms. The van der Waals surface area contributed by atoms with Crippen molar-refractivity contribution >= 4 is 34.9 Å². The van der Waals surface area contributed by atoms with Crippen molar-refractivity contribution < 1.29 is 23.9 Å². The fraction of sp³-hybridized carbons (Fsp3) is 0.355. The zero-order chi connectivity index (χ0) is 29.2. The highest BCUT2D eigenvalue weighted by Crippen LogP contribution is 2.33. The van der Waals surface area contributed by atoms with Gasteiger partial charge in [-0.05, 0) is 29.7 Å². The molecule has 1 saturated heterocycles. The minimum absolute atomic E-state index is 0.149. The molecular weight excluding hydrogens is 536 g/mol. The summed E-state index contributed by atoms with van der Waals surface area (Å²) in [6.45, 7) is 4.89. The first kappa shape index (κ1) is 27.5. The standard InChI is InChI=1S/C31H32N6O5/c1-42-28-16-27(33-19-34-28)36-13-11-35(12-14-36)18-21-7-5-20(6-8-21)17-32-24-4-2-3-23-29(24)31(41)37(30(23)40)25-10-9-22(38)15-26(25)39/h2-8,16,19,25,32H,9-15,17-18H2,1H3. The van der Waals surface area contributed by atoms with Gasteiger partial charge in [0.25, 0.3) is 11.8 Å². The number of Topliss-reactive ketones (excluding diaryl/α,β-unsaturated/α-hetero) is 2. The van der Waals surface area contributed by atoms with Gasteiger partial charge in [-0.25, -0.2) is 9.97 Å². The van der Waals surface area contributed by atoms with Crippen molar-refractivity contribution in [1.29, 1.82) is 0 Å². The van der Waals surface area contributed by atoms with Crippen molar-refractivity contribution in [3.8, 4) is 5.88 Å². The molecule has 2 aromatic carbocycles. The number of nitrogens with zero attached hydrogens (tertiary/aromatic N) is 5. The van der Waals surface area contributed by atoms with E-state index in [9.17, 15) is 19.2 Å². The van der Waals surface area contributed by atoms with Crippen LogP contribution in [0.4, 0.5) is 11.5 Å². The van der Waals surface area contributed by atoms with Crippen LogP contribution in [-0.4, -0.2) is 82.5 Å². The van der Waals surface area contributed by atoms with Crippen molar-refractivity contribution in [2.45, 2.75) is 38.4 Å². The number of piperazine rings is 1. The third-order valence-corrected chi connectivity index (χ3v) is 8.14. The lowest BCUT2D eigenvalue weighted by Crippen LogP contribution is -2.47. The SMILES string of the molecule is COc1cc(N2CCN(Cc3ccc(CNc4cccc5c4C(=O)N(C4CCC(=O)CC4=O)C5=O)cc3)CC2)ncn1. The van der Waals surface area contributed by atoms with Crippen LogP contribution in [0, 0.1) is 0 Å². The molecule has 1 atom stereocenters. The number of imide groups is 1. The topological polar surface area (TPSA) is 125 Å². The van der Waals surface area contributed by atoms with Gasteiger partial charge < -0.3 is 15.0 Å². The summed E-state index contributed by atoms with van der Waals surface area (Å²) in [7, 11) is 1.60. The monoisotopic (exact) mass is 568 g/mol. The molecule has 216 valence electrons. The van der Waals surface area contributed by atoms with Gasteiger partial charge in [0.1, 0.15) is 17.9 Å². The summed E-state index contributed by atoms with van der Waals surface area (Å²) in [4.78, 5) is 64.7. The van der Waals surface area contributed by atoms with Crippen molar-refractivity contribution in [2.24, 2.45) is 0 Å². The highest BCUT2D eigenvalue weighted by Gasteiger charge is 2.45. The molecule has 2 amide bonds. The average Bonchev–Trinajstić information content (AvgIpc) is 3.27. The summed E-state index contributed by atoms with van der Waals surface area (Å²) in [5.74, 6) is -0.0497. The quantitative estimate of drug-likeness (QED) is 0.320. The minimum Gasteiger partial charge on any atom is -0.481 e. The van der Waals surface area contributed by atoms with Gasteiger partial charge in [0, 0.05) is 57.4 Å². The Morgan fingerprint density at radius 2 is 1.69 bits per heavy atom. The largest absolute Gasteiger partial charge is 0.481 e. The van der Waals surface area contributed by atoms with Crippen LogP contribution in [0.25, 0.3) is 0 Å². The second-order valence-electron chi connectivity index (χ2n) is 10.8. The number of ketones is 2. The van der Waals surface area contributed by atoms with Crippen LogP contribution in [-0.2, 0) is 22.7 Å². The molecule has 1 aromatic heterocycles. The lowest BCUT2D eigenvalue weighted by molar-refractivity contribution is -0.132. The molecule has 3 heterocycles. The molecule has 42 heavy (non-hydrogen) atoms. The zero-order valence-electron chi connectivity index (χ0n) is 23.4. The Morgan fingerprint density at radius 3 is 2.43 bits per heavy atom. The number of carbonyl (C=O) groups excluding carboxylic acids is 4. The number of aromatic nitrogens is 2. The lowest BCUT2D eigenvalue weighted by atomic mass is 9.92. The van der Waals surface area contributed by atoms with Gasteiger partial charge in [0.2, 0.25) is 5.88 Å². The molecule has 11 nitrogen and oxygen atoms in total. The van der Waals surface area contributed by atoms with Gasteiger partial charge in [-0.3, -0.25) is 29.0 Å². The Hall–Kier alpha value is -4.64. The molecule has 0 radical (unpaired) electrons. The predicted molar refractivity (Wildman–Crippen MR) is 154 cm³/mol. The first-order valence-corrected chi connectivity index (χ1v) is 14.1. The molecule has 1 unspecified atom stereocenters. The van der Waals surface area contributed by atoms with Gasteiger partial charge in [-0.1, -0.05) is 30.3 Å². The van der Waals surface area contributed by atoms with E-state index in [1.54, 1.807) is 25.3 Å². The van der Waals surface area contributed by atoms with E-state index in [4.69, 9.17) is 4.74 Å². The number of carbonyl (C=O) groups is 4. The molecule has 2 aliphatic heterocycles. The van der Waals surface area contributed by atoms with E-state index in [-0.39, 0.29) is 42.0 Å². The third-order valence-electron chi connectivity index (χ3n) is 8.14. The number of benzene rings is 2. The number of fused-ring (bicyclic) bond motifs is 1. The second kappa shape index (κ2) is 11.7. The Kier molecular flexibility index (Phi) is 7.66. The summed E-state index contributed by atoms with van der Waals surface area (Å²) in [6.07, 6.45) is 1.68. The highest BCUT2D eigenvalue weighted by atomic mass is 16.5. The van der Waals surface area contributed by atoms with Crippen molar-refractivity contribution in [3.63, 3.8) is 0 Å². The molecule has 6 rings (SSSR count). The van der Waals surface area contributed by atoms with Gasteiger partial charge in [-0.15, -0.1) is 0 Å². The number of methoxy groups -OCH3 is 1. The van der Waals surface area contributed by atoms with Gasteiger partial charge >= 0.3 is 0 Å². The van der Waals surface area contributed by atoms with E-state index in [1.165, 1.54) is 11.9 Å².